The van der Waals surface area contributed by atoms with Crippen LogP contribution in [0.25, 0.3) is 60.5 Å². The SMILES string of the molecule is c1ccc(N(c2ccc3c(c2)c2ccccc2n3-c2ccc3ccccc3c2)c2cccc3c2C2(c4ccccc4-c4ccccc42)c2ccccc2C32c3ccccc3-c3ccccc32)cc1. The van der Waals surface area contributed by atoms with Crippen LogP contribution in [0.2, 0.25) is 0 Å². The minimum Gasteiger partial charge on any atom is -0.310 e. The van der Waals surface area contributed by atoms with Gasteiger partial charge in [-0.25, -0.2) is 0 Å². The first-order valence-corrected chi connectivity index (χ1v) is 23.8. The highest BCUT2D eigenvalue weighted by Crippen LogP contribution is 2.69. The minimum atomic E-state index is -0.656. The van der Waals surface area contributed by atoms with Crippen LogP contribution >= 0.6 is 0 Å². The van der Waals surface area contributed by atoms with Crippen LogP contribution in [0.4, 0.5) is 17.1 Å². The van der Waals surface area contributed by atoms with Crippen LogP contribution < -0.4 is 4.90 Å². The first-order chi connectivity index (χ1) is 33.8. The van der Waals surface area contributed by atoms with Crippen LogP contribution in [0.1, 0.15) is 44.5 Å². The Labute approximate surface area is 395 Å². The van der Waals surface area contributed by atoms with Gasteiger partial charge in [-0.2, -0.15) is 0 Å². The molecule has 0 bridgehead atoms. The lowest BCUT2D eigenvalue weighted by Gasteiger charge is -2.50. The number of fused-ring (bicyclic) bond motifs is 20. The third-order valence-electron chi connectivity index (χ3n) is 15.6. The summed E-state index contributed by atoms with van der Waals surface area (Å²) < 4.78 is 2.44. The van der Waals surface area contributed by atoms with Crippen molar-refractivity contribution in [1.29, 1.82) is 0 Å². The normalized spacial score (nSPS) is 14.1. The molecule has 1 aromatic heterocycles. The Morgan fingerprint density at radius 2 is 0.794 bits per heavy atom. The Balaban J connectivity index is 1.08. The predicted molar refractivity (Wildman–Crippen MR) is 281 cm³/mol. The largest absolute Gasteiger partial charge is 0.310 e. The number of hydrogen-bond acceptors (Lipinski definition) is 1. The van der Waals surface area contributed by atoms with Crippen molar-refractivity contribution in [1.82, 2.24) is 4.57 Å². The maximum atomic E-state index is 2.56. The van der Waals surface area contributed by atoms with E-state index in [9.17, 15) is 0 Å². The number of hydrogen-bond donors (Lipinski definition) is 0. The zero-order chi connectivity index (χ0) is 44.6. The van der Waals surface area contributed by atoms with Crippen LogP contribution in [0, 0.1) is 0 Å². The first kappa shape index (κ1) is 37.5. The summed E-state index contributed by atoms with van der Waals surface area (Å²) in [6.07, 6.45) is 0. The van der Waals surface area contributed by atoms with Crippen LogP contribution in [-0.4, -0.2) is 4.57 Å². The van der Waals surface area contributed by atoms with Gasteiger partial charge in [-0.15, -0.1) is 0 Å². The Morgan fingerprint density at radius 3 is 1.46 bits per heavy atom. The molecule has 0 saturated heterocycles. The third kappa shape index (κ3) is 4.71. The topological polar surface area (TPSA) is 8.17 Å². The fourth-order valence-electron chi connectivity index (χ4n) is 13.2. The molecule has 11 aromatic carbocycles. The second-order valence-corrected chi connectivity index (χ2v) is 18.7. The fourth-order valence-corrected chi connectivity index (χ4v) is 13.2. The maximum absolute atomic E-state index is 2.56. The van der Waals surface area contributed by atoms with Crippen molar-refractivity contribution in [3.63, 3.8) is 0 Å². The molecule has 0 N–H and O–H groups in total. The summed E-state index contributed by atoms with van der Waals surface area (Å²) in [6.45, 7) is 0. The van der Waals surface area contributed by atoms with Crippen LogP contribution in [-0.2, 0) is 10.8 Å². The zero-order valence-electron chi connectivity index (χ0n) is 37.1. The molecule has 0 saturated carbocycles. The Morgan fingerprint density at radius 1 is 0.294 bits per heavy atom. The van der Waals surface area contributed by atoms with Gasteiger partial charge in [0.05, 0.1) is 27.6 Å². The van der Waals surface area contributed by atoms with E-state index >= 15 is 0 Å². The molecule has 0 atom stereocenters. The average molecular weight is 863 g/mol. The summed E-state index contributed by atoms with van der Waals surface area (Å²) in [5, 5.41) is 4.90. The first-order valence-electron chi connectivity index (χ1n) is 23.8. The van der Waals surface area contributed by atoms with Gasteiger partial charge in [0.25, 0.3) is 0 Å². The van der Waals surface area contributed by atoms with Gasteiger partial charge in [-0.05, 0) is 127 Å². The zero-order valence-corrected chi connectivity index (χ0v) is 37.1. The molecule has 0 fully saturated rings. The highest BCUT2D eigenvalue weighted by Gasteiger charge is 2.60. The van der Waals surface area contributed by atoms with Crippen molar-refractivity contribution in [3.05, 3.63) is 299 Å². The van der Waals surface area contributed by atoms with Crippen LogP contribution in [0.5, 0.6) is 0 Å². The fraction of sp³-hybridized carbons (Fsp3) is 0.0303. The lowest BCUT2D eigenvalue weighted by Crippen LogP contribution is -2.44. The number of aromatic nitrogens is 1. The molecule has 0 aliphatic heterocycles. The van der Waals surface area contributed by atoms with E-state index in [0.29, 0.717) is 0 Å². The third-order valence-corrected chi connectivity index (χ3v) is 15.6. The van der Waals surface area contributed by atoms with Gasteiger partial charge in [-0.3, -0.25) is 0 Å². The quantitative estimate of drug-likeness (QED) is 0.171. The Kier molecular flexibility index (Phi) is 7.67. The highest BCUT2D eigenvalue weighted by atomic mass is 15.1. The van der Waals surface area contributed by atoms with Crippen LogP contribution in [0.3, 0.4) is 0 Å². The van der Waals surface area contributed by atoms with Gasteiger partial charge in [0, 0.05) is 33.4 Å². The minimum absolute atomic E-state index is 0.591. The second kappa shape index (κ2) is 13.9. The van der Waals surface area contributed by atoms with Gasteiger partial charge >= 0.3 is 0 Å². The molecule has 316 valence electrons. The number of benzene rings is 11. The molecule has 2 heteroatoms. The van der Waals surface area contributed by atoms with Crippen molar-refractivity contribution in [2.45, 2.75) is 10.8 Å². The van der Waals surface area contributed by atoms with E-state index < -0.39 is 10.8 Å². The molecule has 1 heterocycles. The molecule has 0 radical (unpaired) electrons. The van der Waals surface area contributed by atoms with E-state index in [1.54, 1.807) is 0 Å². The van der Waals surface area contributed by atoms with E-state index in [1.807, 2.05) is 0 Å². The molecular formula is C66H42N2. The lowest BCUT2D eigenvalue weighted by molar-refractivity contribution is 0.633. The monoisotopic (exact) mass is 862 g/mol. The molecule has 15 rings (SSSR count). The van der Waals surface area contributed by atoms with Gasteiger partial charge in [0.1, 0.15) is 0 Å². The summed E-state index contributed by atoms with van der Waals surface area (Å²) in [5.74, 6) is 0. The lowest BCUT2D eigenvalue weighted by atomic mass is 9.52. The standard InChI is InChI=1S/C66H42N2/c1-2-21-45(22-3-1)67(47-39-40-62-53(42-47)52-27-10-17-35-61(52)68(62)46-38-37-43-19-4-5-20-44(43)41-46)63-36-18-34-60-64(63)66(56-30-13-8-25-50(56)51-26-9-14-31-57(51)66)59-33-16-15-32-58(59)65(60)54-28-11-6-23-48(54)49-24-7-12-29-55(49)65/h1-42H. The molecule has 3 aliphatic carbocycles. The molecule has 0 amide bonds. The second-order valence-electron chi connectivity index (χ2n) is 18.7. The van der Waals surface area contributed by atoms with Crippen LogP contribution in [0.15, 0.2) is 255 Å². The van der Waals surface area contributed by atoms with E-state index in [2.05, 4.69) is 264 Å². The molecule has 2 spiro atoms. The molecule has 3 aliphatic rings. The van der Waals surface area contributed by atoms with E-state index in [1.165, 1.54) is 99.3 Å². The maximum Gasteiger partial charge on any atom is 0.0740 e. The summed E-state index contributed by atoms with van der Waals surface area (Å²) >= 11 is 0. The molecule has 0 unspecified atom stereocenters. The molecule has 2 nitrogen and oxygen atoms in total. The molecule has 68 heavy (non-hydrogen) atoms. The Hall–Kier alpha value is -8.72. The summed E-state index contributed by atoms with van der Waals surface area (Å²) in [5.41, 5.74) is 21.4. The van der Waals surface area contributed by atoms with E-state index in [-0.39, 0.29) is 0 Å². The van der Waals surface area contributed by atoms with Gasteiger partial charge in [-0.1, -0.05) is 200 Å². The number of para-hydroxylation sites is 2. The number of anilines is 3. The number of rotatable bonds is 4. The smallest absolute Gasteiger partial charge is 0.0740 e. The van der Waals surface area contributed by atoms with Gasteiger partial charge in [0.15, 0.2) is 0 Å². The van der Waals surface area contributed by atoms with Gasteiger partial charge in [0.2, 0.25) is 0 Å². The summed E-state index contributed by atoms with van der Waals surface area (Å²) in [6, 6.07) is 95.9. The van der Waals surface area contributed by atoms with Gasteiger partial charge < -0.3 is 9.47 Å². The Bertz CT molecular complexity index is 3970. The summed E-state index contributed by atoms with van der Waals surface area (Å²) in [4.78, 5) is 2.56. The predicted octanol–water partition coefficient (Wildman–Crippen LogP) is 16.4. The summed E-state index contributed by atoms with van der Waals surface area (Å²) in [7, 11) is 0. The van der Waals surface area contributed by atoms with E-state index in [0.717, 1.165) is 22.7 Å². The molecular weight excluding hydrogens is 821 g/mol. The van der Waals surface area contributed by atoms with Crippen molar-refractivity contribution in [2.75, 3.05) is 4.90 Å². The van der Waals surface area contributed by atoms with Crippen molar-refractivity contribution in [3.8, 4) is 27.9 Å². The molecule has 12 aromatic rings. The van der Waals surface area contributed by atoms with Crippen molar-refractivity contribution < 1.29 is 0 Å². The van der Waals surface area contributed by atoms with Crippen molar-refractivity contribution in [2.24, 2.45) is 0 Å². The highest BCUT2D eigenvalue weighted by molar-refractivity contribution is 6.11. The van der Waals surface area contributed by atoms with E-state index in [4.69, 9.17) is 0 Å². The van der Waals surface area contributed by atoms with Crippen molar-refractivity contribution >= 4 is 49.6 Å². The number of nitrogens with zero attached hydrogens (tertiary/aromatic N) is 2. The average Bonchev–Trinajstić information content (AvgIpc) is 4.01.